The molecule has 0 saturated carbocycles. The summed E-state index contributed by atoms with van der Waals surface area (Å²) in [6, 6.07) is 12.2. The van der Waals surface area contributed by atoms with Gasteiger partial charge in [0.2, 0.25) is 17.7 Å². The van der Waals surface area contributed by atoms with E-state index in [1.165, 1.54) is 0 Å². The molecular weight excluding hydrogens is 306 g/mol. The molecule has 1 aliphatic heterocycles. The second-order valence-electron chi connectivity index (χ2n) is 6.54. The average Bonchev–Trinajstić information content (AvgIpc) is 2.93. The largest absolute Gasteiger partial charge is 0.454 e. The standard InChI is InChI=1S/C19H17NO4/c1-11(2)12-7-8-15-16(9-12)24-19(23)14-6-4-3-5-13(14)17(22)18(15,19)20-10-21/h3-11,23H,1-2H3,(H,20,21)/t18?,19-/m1/s1. The summed E-state index contributed by atoms with van der Waals surface area (Å²) in [4.78, 5) is 24.4. The number of carbonyl (C=O) groups is 2. The lowest BCUT2D eigenvalue weighted by molar-refractivity contribution is -0.172. The number of hydrogen-bond acceptors (Lipinski definition) is 4. The topological polar surface area (TPSA) is 75.6 Å². The zero-order valence-electron chi connectivity index (χ0n) is 13.4. The number of fused-ring (bicyclic) bond motifs is 5. The van der Waals surface area contributed by atoms with Crippen LogP contribution in [-0.4, -0.2) is 17.3 Å². The quantitative estimate of drug-likeness (QED) is 0.849. The lowest BCUT2D eigenvalue weighted by Crippen LogP contribution is -2.58. The molecule has 0 aromatic heterocycles. The van der Waals surface area contributed by atoms with E-state index in [0.29, 0.717) is 28.8 Å². The first-order chi connectivity index (χ1) is 11.5. The Morgan fingerprint density at radius 3 is 2.62 bits per heavy atom. The molecule has 5 nitrogen and oxygen atoms in total. The number of nitrogens with one attached hydrogen (secondary N) is 1. The highest BCUT2D eigenvalue weighted by Crippen LogP contribution is 2.58. The summed E-state index contributed by atoms with van der Waals surface area (Å²) in [5.74, 6) is -1.63. The van der Waals surface area contributed by atoms with Crippen LogP contribution in [0.2, 0.25) is 0 Å². The van der Waals surface area contributed by atoms with Crippen LogP contribution in [0.1, 0.15) is 46.8 Å². The number of carbonyl (C=O) groups excluding carboxylic acids is 2. The Hall–Kier alpha value is -2.66. The second-order valence-corrected chi connectivity index (χ2v) is 6.54. The normalized spacial score (nSPS) is 26.6. The van der Waals surface area contributed by atoms with Gasteiger partial charge >= 0.3 is 0 Å². The minimum absolute atomic E-state index is 0.270. The van der Waals surface area contributed by atoms with Gasteiger partial charge in [0.1, 0.15) is 5.75 Å². The number of ketones is 1. The molecule has 24 heavy (non-hydrogen) atoms. The maximum atomic E-state index is 13.1. The fourth-order valence-corrected chi connectivity index (χ4v) is 3.75. The van der Waals surface area contributed by atoms with E-state index >= 15 is 0 Å². The van der Waals surface area contributed by atoms with Crippen molar-refractivity contribution in [2.45, 2.75) is 31.1 Å². The van der Waals surface area contributed by atoms with Crippen molar-refractivity contribution in [3.05, 3.63) is 64.7 Å². The molecule has 2 aliphatic rings. The van der Waals surface area contributed by atoms with E-state index in [4.69, 9.17) is 4.74 Å². The summed E-state index contributed by atoms with van der Waals surface area (Å²) >= 11 is 0. The highest BCUT2D eigenvalue weighted by Gasteiger charge is 2.71. The van der Waals surface area contributed by atoms with Gasteiger partial charge in [-0.15, -0.1) is 0 Å². The first-order valence-corrected chi connectivity index (χ1v) is 7.87. The van der Waals surface area contributed by atoms with Crippen molar-refractivity contribution < 1.29 is 19.4 Å². The van der Waals surface area contributed by atoms with E-state index in [9.17, 15) is 14.7 Å². The van der Waals surface area contributed by atoms with Gasteiger partial charge in [-0.1, -0.05) is 50.2 Å². The summed E-state index contributed by atoms with van der Waals surface area (Å²) in [5.41, 5.74) is 0.574. The van der Waals surface area contributed by atoms with Crippen LogP contribution >= 0.6 is 0 Å². The Morgan fingerprint density at radius 2 is 1.92 bits per heavy atom. The molecule has 0 radical (unpaired) electrons. The molecule has 2 aromatic carbocycles. The van der Waals surface area contributed by atoms with Crippen LogP contribution in [0.15, 0.2) is 42.5 Å². The Kier molecular flexibility index (Phi) is 2.90. The summed E-state index contributed by atoms with van der Waals surface area (Å²) in [6.45, 7) is 4.10. The molecule has 0 bridgehead atoms. The first kappa shape index (κ1) is 14.9. The molecule has 0 saturated heterocycles. The highest BCUT2D eigenvalue weighted by molar-refractivity contribution is 6.11. The lowest BCUT2D eigenvalue weighted by Gasteiger charge is -2.33. The molecule has 1 heterocycles. The number of ether oxygens (including phenoxy) is 1. The van der Waals surface area contributed by atoms with Gasteiger partial charge in [0.15, 0.2) is 0 Å². The lowest BCUT2D eigenvalue weighted by atomic mass is 9.82. The SMILES string of the molecule is CC(C)c1ccc2c(c1)O[C@]1(O)c3ccccc3C(=O)C21NC=O. The fraction of sp³-hybridized carbons (Fsp3) is 0.263. The van der Waals surface area contributed by atoms with Crippen molar-refractivity contribution in [1.29, 1.82) is 0 Å². The molecule has 2 atom stereocenters. The van der Waals surface area contributed by atoms with E-state index in [1.54, 1.807) is 30.3 Å². The maximum absolute atomic E-state index is 13.1. The van der Waals surface area contributed by atoms with Gasteiger partial charge in [0, 0.05) is 16.7 Å². The second kappa shape index (κ2) is 4.68. The van der Waals surface area contributed by atoms with E-state index in [1.807, 2.05) is 26.0 Å². The number of benzene rings is 2. The summed E-state index contributed by atoms with van der Waals surface area (Å²) < 4.78 is 5.88. The smallest absolute Gasteiger partial charge is 0.271 e. The van der Waals surface area contributed by atoms with Crippen LogP contribution < -0.4 is 10.1 Å². The zero-order chi connectivity index (χ0) is 17.1. The fourth-order valence-electron chi connectivity index (χ4n) is 3.75. The summed E-state index contributed by atoms with van der Waals surface area (Å²) in [5, 5.41) is 13.9. The molecule has 122 valence electrons. The van der Waals surface area contributed by atoms with Crippen LogP contribution in [0.3, 0.4) is 0 Å². The number of hydrogen-bond donors (Lipinski definition) is 2. The van der Waals surface area contributed by atoms with Crippen molar-refractivity contribution in [3.63, 3.8) is 0 Å². The summed E-state index contributed by atoms with van der Waals surface area (Å²) in [7, 11) is 0. The third kappa shape index (κ3) is 1.52. The van der Waals surface area contributed by atoms with Gasteiger partial charge in [0.25, 0.3) is 5.79 Å². The van der Waals surface area contributed by atoms with Crippen molar-refractivity contribution in [2.24, 2.45) is 0 Å². The monoisotopic (exact) mass is 323 g/mol. The minimum atomic E-state index is -1.94. The Bertz CT molecular complexity index is 875. The molecule has 2 aromatic rings. The maximum Gasteiger partial charge on any atom is 0.271 e. The van der Waals surface area contributed by atoms with Gasteiger partial charge in [0.05, 0.1) is 0 Å². The number of amides is 1. The third-order valence-electron chi connectivity index (χ3n) is 5.00. The van der Waals surface area contributed by atoms with Gasteiger partial charge in [-0.05, 0) is 17.5 Å². The van der Waals surface area contributed by atoms with Gasteiger partial charge in [-0.2, -0.15) is 0 Å². The summed E-state index contributed by atoms with van der Waals surface area (Å²) in [6.07, 6.45) is 0.434. The molecular formula is C19H17NO4. The molecule has 0 fully saturated rings. The molecule has 5 heteroatoms. The van der Waals surface area contributed by atoms with Crippen LogP contribution in [0.4, 0.5) is 0 Å². The first-order valence-electron chi connectivity index (χ1n) is 7.87. The number of aliphatic hydroxyl groups is 1. The van der Waals surface area contributed by atoms with Crippen LogP contribution in [0.25, 0.3) is 0 Å². The van der Waals surface area contributed by atoms with Crippen molar-refractivity contribution in [3.8, 4) is 5.75 Å². The van der Waals surface area contributed by atoms with Gasteiger partial charge < -0.3 is 15.2 Å². The number of Topliss-reactive ketones (excluding diaryl/α,β-unsaturated/α-hetero) is 1. The van der Waals surface area contributed by atoms with E-state index in [2.05, 4.69) is 5.32 Å². The Balaban J connectivity index is 2.01. The van der Waals surface area contributed by atoms with Crippen molar-refractivity contribution in [1.82, 2.24) is 5.32 Å². The molecule has 1 unspecified atom stereocenters. The average molecular weight is 323 g/mol. The van der Waals surface area contributed by atoms with Crippen molar-refractivity contribution >= 4 is 12.2 Å². The Labute approximate surface area is 139 Å². The van der Waals surface area contributed by atoms with Crippen LogP contribution in [0.5, 0.6) is 5.75 Å². The number of rotatable bonds is 3. The van der Waals surface area contributed by atoms with Crippen molar-refractivity contribution in [2.75, 3.05) is 0 Å². The zero-order valence-corrected chi connectivity index (χ0v) is 13.4. The minimum Gasteiger partial charge on any atom is -0.454 e. The van der Waals surface area contributed by atoms with Gasteiger partial charge in [-0.25, -0.2) is 0 Å². The molecule has 0 spiro atoms. The molecule has 2 N–H and O–H groups in total. The molecule has 1 aliphatic carbocycles. The highest BCUT2D eigenvalue weighted by atomic mass is 16.6. The van der Waals surface area contributed by atoms with Crippen LogP contribution in [0, 0.1) is 0 Å². The predicted molar refractivity (Wildman–Crippen MR) is 86.7 cm³/mol. The van der Waals surface area contributed by atoms with E-state index < -0.39 is 11.3 Å². The van der Waals surface area contributed by atoms with Crippen LogP contribution in [-0.2, 0) is 16.1 Å². The van der Waals surface area contributed by atoms with Gasteiger partial charge in [-0.3, -0.25) is 9.59 Å². The predicted octanol–water partition coefficient (Wildman–Crippen LogP) is 2.19. The van der Waals surface area contributed by atoms with E-state index in [-0.39, 0.29) is 11.7 Å². The Morgan fingerprint density at radius 1 is 1.17 bits per heavy atom. The molecule has 1 amide bonds. The molecule has 4 rings (SSSR count). The van der Waals surface area contributed by atoms with E-state index in [0.717, 1.165) is 5.56 Å². The third-order valence-corrected chi connectivity index (χ3v) is 5.00.